The molecule has 1 aliphatic carbocycles. The summed E-state index contributed by atoms with van der Waals surface area (Å²) in [5, 5.41) is 0. The number of hydrogen-bond acceptors (Lipinski definition) is 0. The second-order valence-corrected chi connectivity index (χ2v) is 3.24. The van der Waals surface area contributed by atoms with Gasteiger partial charge in [0.05, 0.1) is 0 Å². The van der Waals surface area contributed by atoms with Crippen molar-refractivity contribution in [3.8, 4) is 0 Å². The standard InChI is InChI=1S/C11H18/c1-3-6-10-8-5-9-11(10)7-4-2/h5,8H,3-4,6-7,9H2,1-2H3. The predicted molar refractivity (Wildman–Crippen MR) is 50.6 cm³/mol. The third-order valence-electron chi connectivity index (χ3n) is 2.21. The first-order valence-corrected chi connectivity index (χ1v) is 4.76. The van der Waals surface area contributed by atoms with Crippen molar-refractivity contribution in [1.82, 2.24) is 0 Å². The van der Waals surface area contributed by atoms with Crippen molar-refractivity contribution >= 4 is 0 Å². The highest BCUT2D eigenvalue weighted by Gasteiger charge is 2.06. The Morgan fingerprint density at radius 3 is 2.55 bits per heavy atom. The lowest BCUT2D eigenvalue weighted by Gasteiger charge is -2.03. The van der Waals surface area contributed by atoms with E-state index in [0.717, 1.165) is 0 Å². The maximum Gasteiger partial charge on any atom is -0.0130 e. The highest BCUT2D eigenvalue weighted by atomic mass is 14.1. The normalized spacial score (nSPS) is 16.5. The van der Waals surface area contributed by atoms with Gasteiger partial charge in [0.1, 0.15) is 0 Å². The fraction of sp³-hybridized carbons (Fsp3) is 0.636. The zero-order chi connectivity index (χ0) is 8.10. The molecule has 11 heavy (non-hydrogen) atoms. The smallest absolute Gasteiger partial charge is 0.0130 e. The molecule has 0 saturated heterocycles. The Labute approximate surface area is 70.0 Å². The molecule has 1 aliphatic rings. The Balaban J connectivity index is 2.52. The van der Waals surface area contributed by atoms with E-state index in [2.05, 4.69) is 26.0 Å². The third kappa shape index (κ3) is 2.21. The summed E-state index contributed by atoms with van der Waals surface area (Å²) in [5.74, 6) is 0. The summed E-state index contributed by atoms with van der Waals surface area (Å²) in [7, 11) is 0. The summed E-state index contributed by atoms with van der Waals surface area (Å²) in [5.41, 5.74) is 3.31. The van der Waals surface area contributed by atoms with Crippen LogP contribution in [-0.4, -0.2) is 0 Å². The van der Waals surface area contributed by atoms with Crippen LogP contribution in [0.15, 0.2) is 23.3 Å². The van der Waals surface area contributed by atoms with Gasteiger partial charge in [0, 0.05) is 0 Å². The molecule has 0 unspecified atom stereocenters. The topological polar surface area (TPSA) is 0 Å². The zero-order valence-corrected chi connectivity index (χ0v) is 7.69. The van der Waals surface area contributed by atoms with E-state index in [1.807, 2.05) is 0 Å². The van der Waals surface area contributed by atoms with Gasteiger partial charge in [0.15, 0.2) is 0 Å². The minimum atomic E-state index is 1.23. The van der Waals surface area contributed by atoms with E-state index in [1.54, 1.807) is 11.1 Å². The van der Waals surface area contributed by atoms with Gasteiger partial charge in [-0.25, -0.2) is 0 Å². The summed E-state index contributed by atoms with van der Waals surface area (Å²) in [6, 6.07) is 0. The first-order valence-electron chi connectivity index (χ1n) is 4.76. The first-order chi connectivity index (χ1) is 5.38. The highest BCUT2D eigenvalue weighted by molar-refractivity contribution is 5.33. The molecule has 0 bridgehead atoms. The quantitative estimate of drug-likeness (QED) is 0.571. The van der Waals surface area contributed by atoms with Crippen molar-refractivity contribution in [2.45, 2.75) is 46.0 Å². The third-order valence-corrected chi connectivity index (χ3v) is 2.21. The molecule has 0 fully saturated rings. The van der Waals surface area contributed by atoms with Crippen LogP contribution in [0.1, 0.15) is 46.0 Å². The van der Waals surface area contributed by atoms with E-state index in [1.165, 1.54) is 32.1 Å². The van der Waals surface area contributed by atoms with Gasteiger partial charge >= 0.3 is 0 Å². The van der Waals surface area contributed by atoms with Crippen LogP contribution in [0.25, 0.3) is 0 Å². The minimum Gasteiger partial charge on any atom is -0.0802 e. The monoisotopic (exact) mass is 150 g/mol. The molecule has 1 rings (SSSR count). The van der Waals surface area contributed by atoms with Crippen LogP contribution in [0.2, 0.25) is 0 Å². The molecule has 62 valence electrons. The Hall–Kier alpha value is -0.520. The molecule has 0 atom stereocenters. The number of hydrogen-bond donors (Lipinski definition) is 0. The maximum absolute atomic E-state index is 2.31. The van der Waals surface area contributed by atoms with Crippen molar-refractivity contribution in [2.75, 3.05) is 0 Å². The van der Waals surface area contributed by atoms with Gasteiger partial charge in [0.2, 0.25) is 0 Å². The number of rotatable bonds is 4. The Bertz CT molecular complexity index is 172. The van der Waals surface area contributed by atoms with Crippen LogP contribution in [0.5, 0.6) is 0 Å². The molecule has 0 nitrogen and oxygen atoms in total. The zero-order valence-electron chi connectivity index (χ0n) is 7.69. The van der Waals surface area contributed by atoms with E-state index in [-0.39, 0.29) is 0 Å². The average Bonchev–Trinajstić information content (AvgIpc) is 2.39. The largest absolute Gasteiger partial charge is 0.0802 e. The van der Waals surface area contributed by atoms with Gasteiger partial charge in [-0.15, -0.1) is 0 Å². The number of allylic oxidation sites excluding steroid dienone is 4. The first kappa shape index (κ1) is 8.58. The molecule has 0 radical (unpaired) electrons. The van der Waals surface area contributed by atoms with Crippen LogP contribution < -0.4 is 0 Å². The molecule has 0 saturated carbocycles. The maximum atomic E-state index is 2.31. The fourth-order valence-electron chi connectivity index (χ4n) is 1.69. The van der Waals surface area contributed by atoms with Crippen molar-refractivity contribution in [3.63, 3.8) is 0 Å². The molecule has 0 spiro atoms. The fourth-order valence-corrected chi connectivity index (χ4v) is 1.69. The molecule has 0 N–H and O–H groups in total. The van der Waals surface area contributed by atoms with Crippen LogP contribution >= 0.6 is 0 Å². The van der Waals surface area contributed by atoms with Crippen LogP contribution in [0, 0.1) is 0 Å². The summed E-state index contributed by atoms with van der Waals surface area (Å²) < 4.78 is 0. The predicted octanol–water partition coefficient (Wildman–Crippen LogP) is 3.84. The SMILES string of the molecule is CCCC1=C(CCC)CC=C1. The van der Waals surface area contributed by atoms with E-state index < -0.39 is 0 Å². The van der Waals surface area contributed by atoms with Crippen molar-refractivity contribution in [1.29, 1.82) is 0 Å². The van der Waals surface area contributed by atoms with Gasteiger partial charge in [0.25, 0.3) is 0 Å². The van der Waals surface area contributed by atoms with Crippen molar-refractivity contribution in [3.05, 3.63) is 23.3 Å². The molecular formula is C11H18. The molecular weight excluding hydrogens is 132 g/mol. The van der Waals surface area contributed by atoms with Crippen LogP contribution in [0.4, 0.5) is 0 Å². The lowest BCUT2D eigenvalue weighted by atomic mass is 10.0. The molecule has 0 heteroatoms. The second-order valence-electron chi connectivity index (χ2n) is 3.24. The van der Waals surface area contributed by atoms with E-state index >= 15 is 0 Å². The van der Waals surface area contributed by atoms with Crippen LogP contribution in [0.3, 0.4) is 0 Å². The Morgan fingerprint density at radius 1 is 1.18 bits per heavy atom. The molecule has 0 aromatic carbocycles. The van der Waals surface area contributed by atoms with Gasteiger partial charge < -0.3 is 0 Å². The molecule has 0 amide bonds. The van der Waals surface area contributed by atoms with E-state index in [9.17, 15) is 0 Å². The highest BCUT2D eigenvalue weighted by Crippen LogP contribution is 2.26. The van der Waals surface area contributed by atoms with Crippen molar-refractivity contribution < 1.29 is 0 Å². The Kier molecular flexibility index (Phi) is 3.41. The molecule has 0 aliphatic heterocycles. The van der Waals surface area contributed by atoms with Crippen LogP contribution in [-0.2, 0) is 0 Å². The summed E-state index contributed by atoms with van der Waals surface area (Å²) in [6.07, 6.45) is 11.0. The van der Waals surface area contributed by atoms with E-state index in [4.69, 9.17) is 0 Å². The van der Waals surface area contributed by atoms with Gasteiger partial charge in [-0.3, -0.25) is 0 Å². The second kappa shape index (κ2) is 4.38. The molecule has 0 aromatic rings. The summed E-state index contributed by atoms with van der Waals surface area (Å²) >= 11 is 0. The molecule has 0 heterocycles. The lowest BCUT2D eigenvalue weighted by molar-refractivity contribution is 0.847. The van der Waals surface area contributed by atoms with Gasteiger partial charge in [-0.05, 0) is 24.8 Å². The minimum absolute atomic E-state index is 1.23. The summed E-state index contributed by atoms with van der Waals surface area (Å²) in [4.78, 5) is 0. The summed E-state index contributed by atoms with van der Waals surface area (Å²) in [6.45, 7) is 4.51. The van der Waals surface area contributed by atoms with Gasteiger partial charge in [-0.2, -0.15) is 0 Å². The Morgan fingerprint density at radius 2 is 1.91 bits per heavy atom. The van der Waals surface area contributed by atoms with E-state index in [0.29, 0.717) is 0 Å². The van der Waals surface area contributed by atoms with Crippen molar-refractivity contribution in [2.24, 2.45) is 0 Å². The average molecular weight is 150 g/mol. The molecule has 0 aromatic heterocycles. The van der Waals surface area contributed by atoms with Gasteiger partial charge in [-0.1, -0.05) is 44.4 Å². The lowest BCUT2D eigenvalue weighted by Crippen LogP contribution is -1.83.